The molecule has 5 heteroatoms. The third-order valence-corrected chi connectivity index (χ3v) is 2.34. The summed E-state index contributed by atoms with van der Waals surface area (Å²) in [5.74, 6) is 0. The van der Waals surface area contributed by atoms with Crippen LogP contribution in [-0.2, 0) is 0 Å². The molecule has 0 fully saturated rings. The van der Waals surface area contributed by atoms with Crippen molar-refractivity contribution in [2.24, 2.45) is 0 Å². The molecule has 0 aliphatic heterocycles. The molecule has 0 aliphatic carbocycles. The second-order valence-electron chi connectivity index (χ2n) is 3.38. The van der Waals surface area contributed by atoms with Crippen LogP contribution in [-0.4, -0.2) is 25.0 Å². The highest BCUT2D eigenvalue weighted by atomic mass is 15.3. The fraction of sp³-hybridized carbons (Fsp3) is 0. The summed E-state index contributed by atoms with van der Waals surface area (Å²) in [6.07, 6.45) is 9.21. The SMILES string of the molecule is c1ccn(-c2cncc(-c3cn[nH]n3)c2)c1. The van der Waals surface area contributed by atoms with E-state index >= 15 is 0 Å². The molecule has 16 heavy (non-hydrogen) atoms. The predicted molar refractivity (Wildman–Crippen MR) is 58.9 cm³/mol. The van der Waals surface area contributed by atoms with E-state index in [1.165, 1.54) is 0 Å². The summed E-state index contributed by atoms with van der Waals surface area (Å²) in [6.45, 7) is 0. The first kappa shape index (κ1) is 8.84. The van der Waals surface area contributed by atoms with Crippen LogP contribution in [0.2, 0.25) is 0 Å². The van der Waals surface area contributed by atoms with Gasteiger partial charge in [-0.25, -0.2) is 0 Å². The lowest BCUT2D eigenvalue weighted by atomic mass is 10.2. The van der Waals surface area contributed by atoms with Gasteiger partial charge in [0.05, 0.1) is 18.1 Å². The highest BCUT2D eigenvalue weighted by molar-refractivity contribution is 5.59. The zero-order valence-electron chi connectivity index (χ0n) is 8.41. The summed E-state index contributed by atoms with van der Waals surface area (Å²) in [5.41, 5.74) is 2.74. The van der Waals surface area contributed by atoms with E-state index in [9.17, 15) is 0 Å². The van der Waals surface area contributed by atoms with Crippen molar-refractivity contribution >= 4 is 0 Å². The first-order chi connectivity index (χ1) is 7.93. The van der Waals surface area contributed by atoms with E-state index in [0.717, 1.165) is 16.9 Å². The van der Waals surface area contributed by atoms with Crippen molar-refractivity contribution in [3.05, 3.63) is 49.2 Å². The van der Waals surface area contributed by atoms with E-state index in [4.69, 9.17) is 0 Å². The van der Waals surface area contributed by atoms with Crippen LogP contribution in [0.1, 0.15) is 0 Å². The number of rotatable bonds is 2. The minimum absolute atomic E-state index is 0.793. The first-order valence-corrected chi connectivity index (χ1v) is 4.88. The number of nitrogens with one attached hydrogen (secondary N) is 1. The van der Waals surface area contributed by atoms with Crippen LogP contribution < -0.4 is 0 Å². The number of aromatic amines is 1. The van der Waals surface area contributed by atoms with Gasteiger partial charge in [0.2, 0.25) is 0 Å². The minimum atomic E-state index is 0.793. The van der Waals surface area contributed by atoms with Gasteiger partial charge in [0.25, 0.3) is 0 Å². The van der Waals surface area contributed by atoms with Gasteiger partial charge in [-0.2, -0.15) is 15.4 Å². The van der Waals surface area contributed by atoms with Crippen LogP contribution in [0, 0.1) is 0 Å². The van der Waals surface area contributed by atoms with Gasteiger partial charge in [-0.05, 0) is 18.2 Å². The highest BCUT2D eigenvalue weighted by Crippen LogP contribution is 2.17. The van der Waals surface area contributed by atoms with Crippen molar-refractivity contribution in [3.8, 4) is 16.9 Å². The molecule has 78 valence electrons. The Morgan fingerprint density at radius 2 is 1.94 bits per heavy atom. The van der Waals surface area contributed by atoms with E-state index < -0.39 is 0 Å². The average Bonchev–Trinajstić information content (AvgIpc) is 3.03. The lowest BCUT2D eigenvalue weighted by molar-refractivity contribution is 0.941. The summed E-state index contributed by atoms with van der Waals surface area (Å²) in [5, 5.41) is 10.4. The van der Waals surface area contributed by atoms with Crippen molar-refractivity contribution in [2.45, 2.75) is 0 Å². The number of hydrogen-bond acceptors (Lipinski definition) is 3. The van der Waals surface area contributed by atoms with Gasteiger partial charge < -0.3 is 4.57 Å². The minimum Gasteiger partial charge on any atom is -0.322 e. The lowest BCUT2D eigenvalue weighted by Gasteiger charge is -2.03. The van der Waals surface area contributed by atoms with E-state index in [1.807, 2.05) is 41.4 Å². The molecule has 0 radical (unpaired) electrons. The van der Waals surface area contributed by atoms with Gasteiger partial charge in [0, 0.05) is 24.2 Å². The van der Waals surface area contributed by atoms with Crippen molar-refractivity contribution in [2.75, 3.05) is 0 Å². The molecule has 3 aromatic heterocycles. The van der Waals surface area contributed by atoms with Crippen molar-refractivity contribution in [3.63, 3.8) is 0 Å². The Hall–Kier alpha value is -2.43. The molecule has 3 heterocycles. The van der Waals surface area contributed by atoms with Crippen molar-refractivity contribution in [1.82, 2.24) is 25.0 Å². The van der Waals surface area contributed by atoms with Crippen LogP contribution in [0.5, 0.6) is 0 Å². The number of nitrogens with zero attached hydrogens (tertiary/aromatic N) is 4. The average molecular weight is 211 g/mol. The third-order valence-electron chi connectivity index (χ3n) is 2.34. The molecule has 0 atom stereocenters. The fourth-order valence-corrected chi connectivity index (χ4v) is 1.56. The summed E-state index contributed by atoms with van der Waals surface area (Å²) < 4.78 is 2.00. The maximum absolute atomic E-state index is 4.19. The molecule has 0 aliphatic rings. The summed E-state index contributed by atoms with van der Waals surface area (Å²) in [7, 11) is 0. The Balaban J connectivity index is 2.07. The quantitative estimate of drug-likeness (QED) is 0.701. The van der Waals surface area contributed by atoms with Crippen LogP contribution in [0.15, 0.2) is 49.2 Å². The van der Waals surface area contributed by atoms with Crippen LogP contribution in [0.25, 0.3) is 16.9 Å². The van der Waals surface area contributed by atoms with Gasteiger partial charge in [0.1, 0.15) is 5.69 Å². The summed E-state index contributed by atoms with van der Waals surface area (Å²) in [6, 6.07) is 5.97. The highest BCUT2D eigenvalue weighted by Gasteiger charge is 2.03. The van der Waals surface area contributed by atoms with Gasteiger partial charge in [-0.1, -0.05) is 0 Å². The normalized spacial score (nSPS) is 10.5. The van der Waals surface area contributed by atoms with E-state index in [1.54, 1.807) is 12.4 Å². The summed E-state index contributed by atoms with van der Waals surface area (Å²) in [4.78, 5) is 4.19. The monoisotopic (exact) mass is 211 g/mol. The third kappa shape index (κ3) is 1.48. The maximum atomic E-state index is 4.19. The predicted octanol–water partition coefficient (Wildman–Crippen LogP) is 1.66. The Morgan fingerprint density at radius 1 is 1.06 bits per heavy atom. The maximum Gasteiger partial charge on any atom is 0.114 e. The molecule has 0 bridgehead atoms. The van der Waals surface area contributed by atoms with Crippen LogP contribution in [0.4, 0.5) is 0 Å². The largest absolute Gasteiger partial charge is 0.322 e. The molecular weight excluding hydrogens is 202 g/mol. The van der Waals surface area contributed by atoms with Crippen LogP contribution in [0.3, 0.4) is 0 Å². The molecule has 0 unspecified atom stereocenters. The Morgan fingerprint density at radius 3 is 2.69 bits per heavy atom. The smallest absolute Gasteiger partial charge is 0.114 e. The lowest BCUT2D eigenvalue weighted by Crippen LogP contribution is -1.91. The molecular formula is C11H9N5. The molecule has 0 aromatic carbocycles. The molecule has 5 nitrogen and oxygen atoms in total. The second kappa shape index (κ2) is 3.62. The van der Waals surface area contributed by atoms with Gasteiger partial charge >= 0.3 is 0 Å². The topological polar surface area (TPSA) is 59.4 Å². The van der Waals surface area contributed by atoms with Gasteiger partial charge in [-0.3, -0.25) is 4.98 Å². The first-order valence-electron chi connectivity index (χ1n) is 4.88. The van der Waals surface area contributed by atoms with Gasteiger partial charge in [-0.15, -0.1) is 0 Å². The second-order valence-corrected chi connectivity index (χ2v) is 3.38. The number of hydrogen-bond donors (Lipinski definition) is 1. The number of pyridine rings is 1. The molecule has 1 N–H and O–H groups in total. The van der Waals surface area contributed by atoms with Crippen molar-refractivity contribution in [1.29, 1.82) is 0 Å². The van der Waals surface area contributed by atoms with Gasteiger partial charge in [0.15, 0.2) is 0 Å². The Bertz CT molecular complexity index is 519. The van der Waals surface area contributed by atoms with Crippen LogP contribution >= 0.6 is 0 Å². The van der Waals surface area contributed by atoms with Crippen molar-refractivity contribution < 1.29 is 0 Å². The number of H-pyrrole nitrogens is 1. The standard InChI is InChI=1S/C11H9N5/c1-2-4-16(3-1)10-5-9(6-12-7-10)11-8-13-15-14-11/h1-8H,(H,13,14,15). The molecule has 0 spiro atoms. The molecule has 3 rings (SSSR count). The number of aromatic nitrogens is 5. The molecule has 3 aromatic rings. The van der Waals surface area contributed by atoms with E-state index in [0.29, 0.717) is 0 Å². The fourth-order valence-electron chi connectivity index (χ4n) is 1.56. The molecule has 0 amide bonds. The zero-order valence-corrected chi connectivity index (χ0v) is 8.41. The molecule has 0 saturated carbocycles. The zero-order chi connectivity index (χ0) is 10.8. The Kier molecular flexibility index (Phi) is 2.00. The van der Waals surface area contributed by atoms with E-state index in [2.05, 4.69) is 20.4 Å². The van der Waals surface area contributed by atoms with E-state index in [-0.39, 0.29) is 0 Å². The summed E-state index contributed by atoms with van der Waals surface area (Å²) >= 11 is 0. The molecule has 0 saturated heterocycles. The Labute approximate surface area is 91.8 Å².